The average Bonchev–Trinajstić information content (AvgIpc) is 2.98. The molecule has 1 amide bonds. The SMILES string of the molecule is O=C(CNc1cccc2ccccc12)N/N=C/c1ccc(I)o1. The van der Waals surface area contributed by atoms with Crippen LogP contribution < -0.4 is 10.7 Å². The molecule has 0 spiro atoms. The van der Waals surface area contributed by atoms with E-state index in [9.17, 15) is 4.79 Å². The van der Waals surface area contributed by atoms with Gasteiger partial charge in [0, 0.05) is 11.1 Å². The van der Waals surface area contributed by atoms with Crippen LogP contribution in [0.4, 0.5) is 5.69 Å². The Balaban J connectivity index is 1.57. The maximum absolute atomic E-state index is 11.8. The molecule has 0 radical (unpaired) electrons. The van der Waals surface area contributed by atoms with Crippen LogP contribution in [0.5, 0.6) is 0 Å². The number of furan rings is 1. The lowest BCUT2D eigenvalue weighted by molar-refractivity contribution is -0.119. The number of rotatable bonds is 5. The number of halogens is 1. The quantitative estimate of drug-likeness (QED) is 0.378. The second-order valence-corrected chi connectivity index (χ2v) is 5.88. The summed E-state index contributed by atoms with van der Waals surface area (Å²) in [5, 5.41) is 9.21. The first-order valence-electron chi connectivity index (χ1n) is 7.01. The molecule has 116 valence electrons. The third kappa shape index (κ3) is 4.10. The fraction of sp³-hybridized carbons (Fsp3) is 0.0588. The second-order valence-electron chi connectivity index (χ2n) is 4.82. The van der Waals surface area contributed by atoms with Gasteiger partial charge < -0.3 is 9.73 Å². The van der Waals surface area contributed by atoms with Crippen molar-refractivity contribution in [2.45, 2.75) is 0 Å². The van der Waals surface area contributed by atoms with Crippen LogP contribution in [0.3, 0.4) is 0 Å². The smallest absolute Gasteiger partial charge is 0.259 e. The van der Waals surface area contributed by atoms with E-state index in [1.54, 1.807) is 6.07 Å². The number of carbonyl (C=O) groups excluding carboxylic acids is 1. The minimum absolute atomic E-state index is 0.140. The number of carbonyl (C=O) groups is 1. The summed E-state index contributed by atoms with van der Waals surface area (Å²) >= 11 is 2.07. The molecule has 0 aliphatic rings. The van der Waals surface area contributed by atoms with Crippen molar-refractivity contribution in [3.05, 3.63) is 64.1 Å². The predicted molar refractivity (Wildman–Crippen MR) is 99.6 cm³/mol. The molecule has 3 rings (SSSR count). The summed E-state index contributed by atoms with van der Waals surface area (Å²) in [6.07, 6.45) is 1.47. The van der Waals surface area contributed by atoms with Gasteiger partial charge >= 0.3 is 0 Å². The monoisotopic (exact) mass is 419 g/mol. The topological polar surface area (TPSA) is 66.6 Å². The summed E-state index contributed by atoms with van der Waals surface area (Å²) in [6.45, 7) is 0.140. The molecule has 0 bridgehead atoms. The molecule has 0 fully saturated rings. The molecule has 0 unspecified atom stereocenters. The number of fused-ring (bicyclic) bond motifs is 1. The van der Waals surface area contributed by atoms with Gasteiger partial charge in [0.05, 0.1) is 12.8 Å². The zero-order valence-electron chi connectivity index (χ0n) is 12.1. The summed E-state index contributed by atoms with van der Waals surface area (Å²) in [5.74, 6) is 0.368. The van der Waals surface area contributed by atoms with E-state index in [2.05, 4.69) is 38.4 Å². The zero-order valence-corrected chi connectivity index (χ0v) is 14.3. The van der Waals surface area contributed by atoms with Gasteiger partial charge in [-0.05, 0) is 46.2 Å². The van der Waals surface area contributed by atoms with Gasteiger partial charge in [0.25, 0.3) is 5.91 Å². The first kappa shape index (κ1) is 15.5. The summed E-state index contributed by atoms with van der Waals surface area (Å²) in [6, 6.07) is 17.6. The normalized spacial score (nSPS) is 11.0. The van der Waals surface area contributed by atoms with E-state index in [0.717, 1.165) is 20.2 Å². The molecule has 6 heteroatoms. The molecule has 2 aromatic carbocycles. The number of anilines is 1. The van der Waals surface area contributed by atoms with Crippen LogP contribution >= 0.6 is 22.6 Å². The van der Waals surface area contributed by atoms with Crippen molar-refractivity contribution in [1.29, 1.82) is 0 Å². The van der Waals surface area contributed by atoms with E-state index >= 15 is 0 Å². The van der Waals surface area contributed by atoms with Gasteiger partial charge in [0.1, 0.15) is 5.76 Å². The van der Waals surface area contributed by atoms with Crippen molar-refractivity contribution in [1.82, 2.24) is 5.43 Å². The van der Waals surface area contributed by atoms with E-state index in [4.69, 9.17) is 4.42 Å². The molecule has 0 saturated carbocycles. The van der Waals surface area contributed by atoms with Crippen molar-refractivity contribution < 1.29 is 9.21 Å². The van der Waals surface area contributed by atoms with Gasteiger partial charge in [-0.1, -0.05) is 36.4 Å². The Hall–Kier alpha value is -2.35. The Morgan fingerprint density at radius 3 is 2.78 bits per heavy atom. The molecule has 5 nitrogen and oxygen atoms in total. The van der Waals surface area contributed by atoms with Crippen LogP contribution in [0.1, 0.15) is 5.76 Å². The van der Waals surface area contributed by atoms with Gasteiger partial charge in [0.15, 0.2) is 3.77 Å². The van der Waals surface area contributed by atoms with Gasteiger partial charge in [0.2, 0.25) is 0 Å². The molecule has 1 heterocycles. The predicted octanol–water partition coefficient (Wildman–Crippen LogP) is 3.60. The summed E-state index contributed by atoms with van der Waals surface area (Å²) in [5.41, 5.74) is 3.38. The van der Waals surface area contributed by atoms with Gasteiger partial charge in [-0.2, -0.15) is 5.10 Å². The highest BCUT2D eigenvalue weighted by atomic mass is 127. The van der Waals surface area contributed by atoms with Gasteiger partial charge in [-0.3, -0.25) is 4.79 Å². The Bertz CT molecular complexity index is 852. The molecule has 23 heavy (non-hydrogen) atoms. The molecule has 2 N–H and O–H groups in total. The molecule has 0 aliphatic heterocycles. The summed E-state index contributed by atoms with van der Waals surface area (Å²) in [4.78, 5) is 11.8. The van der Waals surface area contributed by atoms with E-state index in [1.165, 1.54) is 6.21 Å². The first-order valence-corrected chi connectivity index (χ1v) is 8.09. The number of nitrogens with zero attached hydrogens (tertiary/aromatic N) is 1. The number of amides is 1. The van der Waals surface area contributed by atoms with E-state index in [0.29, 0.717) is 5.76 Å². The number of hydrazone groups is 1. The summed E-state index contributed by atoms with van der Waals surface area (Å²) < 4.78 is 6.08. The molecule has 0 aliphatic carbocycles. The van der Waals surface area contributed by atoms with E-state index in [-0.39, 0.29) is 12.5 Å². The van der Waals surface area contributed by atoms with Crippen LogP contribution in [0.15, 0.2) is 64.1 Å². The van der Waals surface area contributed by atoms with E-state index in [1.807, 2.05) is 48.5 Å². The number of nitrogens with one attached hydrogen (secondary N) is 2. The van der Waals surface area contributed by atoms with E-state index < -0.39 is 0 Å². The Morgan fingerprint density at radius 1 is 1.13 bits per heavy atom. The molecule has 0 atom stereocenters. The van der Waals surface area contributed by atoms with Crippen molar-refractivity contribution in [2.24, 2.45) is 5.10 Å². The molecule has 1 aromatic heterocycles. The zero-order chi connectivity index (χ0) is 16.1. The first-order chi connectivity index (χ1) is 11.2. The fourth-order valence-electron chi connectivity index (χ4n) is 2.16. The third-order valence-corrected chi connectivity index (χ3v) is 3.78. The number of hydrogen-bond acceptors (Lipinski definition) is 4. The van der Waals surface area contributed by atoms with Crippen LogP contribution in [-0.2, 0) is 4.79 Å². The Labute approximate surface area is 146 Å². The van der Waals surface area contributed by atoms with Crippen molar-refractivity contribution in [3.63, 3.8) is 0 Å². The standard InChI is InChI=1S/C17H14IN3O2/c18-16-9-8-13(23-16)10-20-21-17(22)11-19-15-7-3-5-12-4-1-2-6-14(12)15/h1-10,19H,11H2,(H,21,22)/b20-10+. The Kier molecular flexibility index (Phi) is 4.92. The molecular formula is C17H14IN3O2. The Morgan fingerprint density at radius 2 is 1.96 bits per heavy atom. The van der Waals surface area contributed by atoms with Crippen LogP contribution in [0, 0.1) is 3.77 Å². The van der Waals surface area contributed by atoms with Crippen molar-refractivity contribution in [3.8, 4) is 0 Å². The average molecular weight is 419 g/mol. The lowest BCUT2D eigenvalue weighted by Crippen LogP contribution is -2.25. The molecule has 0 saturated heterocycles. The highest BCUT2D eigenvalue weighted by molar-refractivity contribution is 14.1. The lowest BCUT2D eigenvalue weighted by Gasteiger charge is -2.08. The summed E-state index contributed by atoms with van der Waals surface area (Å²) in [7, 11) is 0. The number of benzene rings is 2. The lowest BCUT2D eigenvalue weighted by atomic mass is 10.1. The highest BCUT2D eigenvalue weighted by Gasteiger charge is 2.03. The molecular weight excluding hydrogens is 405 g/mol. The minimum Gasteiger partial charge on any atom is -0.449 e. The fourth-order valence-corrected chi connectivity index (χ4v) is 2.59. The molecule has 3 aromatic rings. The van der Waals surface area contributed by atoms with Gasteiger partial charge in [-0.25, -0.2) is 5.43 Å². The second kappa shape index (κ2) is 7.28. The van der Waals surface area contributed by atoms with Crippen LogP contribution in [0.2, 0.25) is 0 Å². The van der Waals surface area contributed by atoms with Crippen molar-refractivity contribution >= 4 is 51.2 Å². The number of hydrogen-bond donors (Lipinski definition) is 2. The largest absolute Gasteiger partial charge is 0.449 e. The maximum atomic E-state index is 11.8. The maximum Gasteiger partial charge on any atom is 0.259 e. The minimum atomic E-state index is -0.226. The highest BCUT2D eigenvalue weighted by Crippen LogP contribution is 2.22. The van der Waals surface area contributed by atoms with Crippen molar-refractivity contribution in [2.75, 3.05) is 11.9 Å². The van der Waals surface area contributed by atoms with Crippen LogP contribution in [-0.4, -0.2) is 18.7 Å². The van der Waals surface area contributed by atoms with Crippen LogP contribution in [0.25, 0.3) is 10.8 Å². The van der Waals surface area contributed by atoms with Gasteiger partial charge in [-0.15, -0.1) is 0 Å². The third-order valence-electron chi connectivity index (χ3n) is 3.20.